The normalized spacial score (nSPS) is 13.6. The zero-order valence-corrected chi connectivity index (χ0v) is 43.1. The molecule has 0 aromatic rings. The van der Waals surface area contributed by atoms with E-state index in [9.17, 15) is 19.8 Å². The van der Waals surface area contributed by atoms with Crippen LogP contribution in [0.2, 0.25) is 0 Å². The Morgan fingerprint density at radius 3 is 1.29 bits per heavy atom. The van der Waals surface area contributed by atoms with Gasteiger partial charge in [-0.2, -0.15) is 0 Å². The summed E-state index contributed by atoms with van der Waals surface area (Å²) in [6, 6.07) is -0.714. The van der Waals surface area contributed by atoms with Crippen molar-refractivity contribution in [2.45, 2.75) is 296 Å². The van der Waals surface area contributed by atoms with E-state index in [1.165, 1.54) is 128 Å². The van der Waals surface area contributed by atoms with Crippen molar-refractivity contribution >= 4 is 11.9 Å². The summed E-state index contributed by atoms with van der Waals surface area (Å²) in [6.45, 7) is 6.38. The molecule has 3 unspecified atom stereocenters. The molecule has 0 aromatic carbocycles. The van der Waals surface area contributed by atoms with Crippen molar-refractivity contribution in [3.8, 4) is 0 Å². The number of rotatable bonds is 50. The summed E-state index contributed by atoms with van der Waals surface area (Å²) in [5, 5.41) is 23.8. The largest absolute Gasteiger partial charge is 0.462 e. The molecule has 0 fully saturated rings. The van der Waals surface area contributed by atoms with E-state index in [0.717, 1.165) is 103 Å². The lowest BCUT2D eigenvalue weighted by Crippen LogP contribution is -2.46. The maximum atomic E-state index is 13.2. The van der Waals surface area contributed by atoms with Gasteiger partial charge in [0.05, 0.1) is 25.2 Å². The summed E-state index contributed by atoms with van der Waals surface area (Å²) in [5.41, 5.74) is 0. The van der Waals surface area contributed by atoms with Crippen molar-refractivity contribution in [3.05, 3.63) is 60.8 Å². The van der Waals surface area contributed by atoms with Crippen LogP contribution in [0.4, 0.5) is 0 Å². The number of unbranched alkanes of at least 4 members (excludes halogenated alkanes) is 28. The van der Waals surface area contributed by atoms with Gasteiger partial charge in [-0.3, -0.25) is 9.59 Å². The molecule has 6 heteroatoms. The molecule has 378 valence electrons. The Hall–Kier alpha value is -2.44. The summed E-state index contributed by atoms with van der Waals surface area (Å²) in [4.78, 5) is 26.2. The number of ether oxygens (including phenoxy) is 1. The number of allylic oxidation sites excluding steroid dienone is 10. The summed E-state index contributed by atoms with van der Waals surface area (Å²) >= 11 is 0. The monoisotopic (exact) mass is 910 g/mol. The van der Waals surface area contributed by atoms with Crippen molar-refractivity contribution < 1.29 is 24.5 Å². The van der Waals surface area contributed by atoms with Crippen LogP contribution in [0.5, 0.6) is 0 Å². The predicted octanol–water partition coefficient (Wildman–Crippen LogP) is 17.2. The van der Waals surface area contributed by atoms with E-state index in [0.29, 0.717) is 19.3 Å². The van der Waals surface area contributed by atoms with Crippen LogP contribution in [0.25, 0.3) is 0 Å². The number of hydrogen-bond donors (Lipinski definition) is 3. The zero-order valence-electron chi connectivity index (χ0n) is 43.1. The topological polar surface area (TPSA) is 95.9 Å². The number of esters is 1. The van der Waals surface area contributed by atoms with Gasteiger partial charge in [0, 0.05) is 6.42 Å². The molecule has 0 aliphatic rings. The van der Waals surface area contributed by atoms with Crippen molar-refractivity contribution in [2.75, 3.05) is 6.61 Å². The van der Waals surface area contributed by atoms with Crippen molar-refractivity contribution in [1.29, 1.82) is 0 Å². The van der Waals surface area contributed by atoms with Gasteiger partial charge >= 0.3 is 5.97 Å². The molecule has 0 radical (unpaired) electrons. The van der Waals surface area contributed by atoms with Crippen molar-refractivity contribution in [2.24, 2.45) is 0 Å². The van der Waals surface area contributed by atoms with Crippen LogP contribution < -0.4 is 5.32 Å². The molecule has 0 aliphatic carbocycles. The fourth-order valence-electron chi connectivity index (χ4n) is 8.36. The first-order valence-electron chi connectivity index (χ1n) is 28.0. The van der Waals surface area contributed by atoms with Gasteiger partial charge < -0.3 is 20.3 Å². The standard InChI is InChI=1S/C59H107NO5/c1-4-7-10-13-16-19-22-25-28-30-32-35-38-41-44-47-50-55(65-59(64)52-49-46-43-40-37-34-31-29-26-23-20-17-14-11-8-5-2)53-58(63)60-56(54-61)57(62)51-48-45-42-39-36-33-27-24-21-18-15-12-9-6-3/h8,11,17,20,26,29,32,34-35,37,55-57,61-62H,4-7,9-10,12-16,18-19,21-25,27-28,30-31,33,36,38-54H2,1-3H3,(H,60,63)/b11-8+,20-17+,29-26+,35-32+,37-34+. The molecule has 0 saturated carbocycles. The third-order valence-corrected chi connectivity index (χ3v) is 12.6. The number of amides is 1. The molecule has 0 rings (SSSR count). The highest BCUT2D eigenvalue weighted by Crippen LogP contribution is 2.18. The Labute approximate surface area is 403 Å². The van der Waals surface area contributed by atoms with Crippen molar-refractivity contribution in [1.82, 2.24) is 5.32 Å². The molecule has 3 N–H and O–H groups in total. The van der Waals surface area contributed by atoms with E-state index in [-0.39, 0.29) is 24.9 Å². The fraction of sp³-hybridized carbons (Fsp3) is 0.797. The summed E-state index contributed by atoms with van der Waals surface area (Å²) in [6.07, 6.45) is 65.7. The second-order valence-corrected chi connectivity index (χ2v) is 19.0. The van der Waals surface area contributed by atoms with Gasteiger partial charge in [0.15, 0.2) is 0 Å². The third kappa shape index (κ3) is 47.8. The summed E-state index contributed by atoms with van der Waals surface area (Å²) in [7, 11) is 0. The highest BCUT2D eigenvalue weighted by Gasteiger charge is 2.24. The SMILES string of the molecule is CC/C=C/C/C=C/C/C=C/C/C=C/CCCCCC(=O)OC(CCCCC/C=C/CCCCCCCCCCC)CC(=O)NC(CO)C(O)CCCCCCCCCCCCCCCC. The first-order chi connectivity index (χ1) is 32.0. The number of aliphatic hydroxyl groups is 2. The van der Waals surface area contributed by atoms with Crippen LogP contribution in [0.3, 0.4) is 0 Å². The molecule has 0 heterocycles. The van der Waals surface area contributed by atoms with E-state index in [4.69, 9.17) is 4.74 Å². The van der Waals surface area contributed by atoms with Crippen LogP contribution in [-0.4, -0.2) is 46.9 Å². The van der Waals surface area contributed by atoms with Gasteiger partial charge in [0.1, 0.15) is 6.10 Å². The quantitative estimate of drug-likeness (QED) is 0.0321. The minimum Gasteiger partial charge on any atom is -0.462 e. The van der Waals surface area contributed by atoms with Crippen molar-refractivity contribution in [3.63, 3.8) is 0 Å². The highest BCUT2D eigenvalue weighted by atomic mass is 16.5. The second-order valence-electron chi connectivity index (χ2n) is 19.0. The van der Waals surface area contributed by atoms with Gasteiger partial charge in [-0.05, 0) is 89.9 Å². The van der Waals surface area contributed by atoms with E-state index >= 15 is 0 Å². The molecule has 0 aromatic heterocycles. The molecule has 0 saturated heterocycles. The highest BCUT2D eigenvalue weighted by molar-refractivity contribution is 5.77. The maximum absolute atomic E-state index is 13.2. The fourth-order valence-corrected chi connectivity index (χ4v) is 8.36. The first kappa shape index (κ1) is 62.6. The predicted molar refractivity (Wildman–Crippen MR) is 282 cm³/mol. The molecule has 3 atom stereocenters. The lowest BCUT2D eigenvalue weighted by molar-refractivity contribution is -0.151. The maximum Gasteiger partial charge on any atom is 0.306 e. The molecule has 1 amide bonds. The van der Waals surface area contributed by atoms with Crippen LogP contribution in [0.15, 0.2) is 60.8 Å². The Bertz CT molecular complexity index is 1160. The Morgan fingerprint density at radius 2 is 0.831 bits per heavy atom. The average Bonchev–Trinajstić information content (AvgIpc) is 3.30. The number of aliphatic hydroxyl groups excluding tert-OH is 2. The summed E-state index contributed by atoms with van der Waals surface area (Å²) < 4.78 is 5.93. The van der Waals surface area contributed by atoms with E-state index in [1.807, 2.05) is 0 Å². The third-order valence-electron chi connectivity index (χ3n) is 12.6. The first-order valence-corrected chi connectivity index (χ1v) is 28.0. The van der Waals surface area contributed by atoms with E-state index < -0.39 is 18.2 Å². The van der Waals surface area contributed by atoms with E-state index in [1.54, 1.807) is 0 Å². The van der Waals surface area contributed by atoms with Gasteiger partial charge in [-0.15, -0.1) is 0 Å². The van der Waals surface area contributed by atoms with Gasteiger partial charge in [0.2, 0.25) is 5.91 Å². The Morgan fingerprint density at radius 1 is 0.462 bits per heavy atom. The van der Waals surface area contributed by atoms with E-state index in [2.05, 4.69) is 86.8 Å². The van der Waals surface area contributed by atoms with Crippen LogP contribution >= 0.6 is 0 Å². The Kier molecular flexibility index (Phi) is 50.6. The lowest BCUT2D eigenvalue weighted by Gasteiger charge is -2.24. The molecule has 0 spiro atoms. The molecule has 6 nitrogen and oxygen atoms in total. The smallest absolute Gasteiger partial charge is 0.306 e. The molecular formula is C59H107NO5. The van der Waals surface area contributed by atoms with Gasteiger partial charge in [0.25, 0.3) is 0 Å². The van der Waals surface area contributed by atoms with Crippen LogP contribution in [-0.2, 0) is 14.3 Å². The lowest BCUT2D eigenvalue weighted by atomic mass is 10.0. The molecular weight excluding hydrogens is 803 g/mol. The number of hydrogen-bond acceptors (Lipinski definition) is 5. The van der Waals surface area contributed by atoms with Gasteiger partial charge in [-0.1, -0.05) is 236 Å². The van der Waals surface area contributed by atoms with Crippen LogP contribution in [0, 0.1) is 0 Å². The summed E-state index contributed by atoms with van der Waals surface area (Å²) in [5.74, 6) is -0.519. The minimum absolute atomic E-state index is 0.0539. The minimum atomic E-state index is -0.799. The second kappa shape index (κ2) is 52.5. The molecule has 0 aliphatic heterocycles. The molecule has 65 heavy (non-hydrogen) atoms. The number of nitrogens with one attached hydrogen (secondary N) is 1. The van der Waals surface area contributed by atoms with Crippen LogP contribution in [0.1, 0.15) is 278 Å². The molecule has 0 bridgehead atoms. The number of carbonyl (C=O) groups excluding carboxylic acids is 2. The average molecular weight is 911 g/mol. The number of carbonyl (C=O) groups is 2. The van der Waals surface area contributed by atoms with Gasteiger partial charge in [-0.25, -0.2) is 0 Å². The zero-order chi connectivity index (χ0) is 47.4. The Balaban J connectivity index is 4.64.